The second-order valence-corrected chi connectivity index (χ2v) is 4.83. The van der Waals surface area contributed by atoms with Gasteiger partial charge >= 0.3 is 0 Å². The molecule has 1 aromatic carbocycles. The van der Waals surface area contributed by atoms with Gasteiger partial charge in [-0.2, -0.15) is 5.26 Å². The fourth-order valence-electron chi connectivity index (χ4n) is 1.31. The third-order valence-electron chi connectivity index (χ3n) is 2.35. The zero-order chi connectivity index (χ0) is 12.8. The van der Waals surface area contributed by atoms with E-state index in [4.69, 9.17) is 16.9 Å². The first-order valence-electron chi connectivity index (χ1n) is 5.21. The SMILES string of the molecule is CCC(CC#N)NC(=O)c1ccc(Br)c(Cl)c1. The van der Waals surface area contributed by atoms with Crippen molar-refractivity contribution in [3.8, 4) is 6.07 Å². The molecule has 1 N–H and O–H groups in total. The fourth-order valence-corrected chi connectivity index (χ4v) is 1.74. The molecular formula is C12H12BrClN2O. The molecule has 0 bridgehead atoms. The van der Waals surface area contributed by atoms with E-state index in [1.54, 1.807) is 18.2 Å². The van der Waals surface area contributed by atoms with Gasteiger partial charge in [0, 0.05) is 16.1 Å². The Balaban J connectivity index is 2.76. The smallest absolute Gasteiger partial charge is 0.251 e. The van der Waals surface area contributed by atoms with Crippen molar-refractivity contribution in [1.82, 2.24) is 5.32 Å². The number of nitriles is 1. The third kappa shape index (κ3) is 4.03. The van der Waals surface area contributed by atoms with Gasteiger partial charge in [-0.05, 0) is 40.5 Å². The molecule has 5 heteroatoms. The van der Waals surface area contributed by atoms with E-state index in [-0.39, 0.29) is 11.9 Å². The van der Waals surface area contributed by atoms with Crippen LogP contribution in [0.5, 0.6) is 0 Å². The number of carbonyl (C=O) groups is 1. The van der Waals surface area contributed by atoms with Crippen LogP contribution in [0.25, 0.3) is 0 Å². The summed E-state index contributed by atoms with van der Waals surface area (Å²) >= 11 is 9.17. The van der Waals surface area contributed by atoms with E-state index in [0.29, 0.717) is 17.0 Å². The first kappa shape index (κ1) is 14.0. The Morgan fingerprint density at radius 2 is 2.35 bits per heavy atom. The highest BCUT2D eigenvalue weighted by atomic mass is 79.9. The predicted molar refractivity (Wildman–Crippen MR) is 70.9 cm³/mol. The summed E-state index contributed by atoms with van der Waals surface area (Å²) in [5, 5.41) is 11.9. The number of hydrogen-bond acceptors (Lipinski definition) is 2. The number of nitrogens with one attached hydrogen (secondary N) is 1. The second-order valence-electron chi connectivity index (χ2n) is 3.57. The van der Waals surface area contributed by atoms with Gasteiger partial charge in [0.2, 0.25) is 0 Å². The Morgan fingerprint density at radius 1 is 1.65 bits per heavy atom. The fraction of sp³-hybridized carbons (Fsp3) is 0.333. The molecule has 0 aliphatic rings. The van der Waals surface area contributed by atoms with Gasteiger partial charge in [0.25, 0.3) is 5.91 Å². The van der Waals surface area contributed by atoms with Crippen molar-refractivity contribution in [2.75, 3.05) is 0 Å². The summed E-state index contributed by atoms with van der Waals surface area (Å²) in [6.07, 6.45) is 1.04. The molecule has 0 aliphatic carbocycles. The number of carbonyl (C=O) groups excluding carboxylic acids is 1. The minimum Gasteiger partial charge on any atom is -0.348 e. The average Bonchev–Trinajstić information content (AvgIpc) is 2.31. The van der Waals surface area contributed by atoms with Crippen LogP contribution >= 0.6 is 27.5 Å². The first-order chi connectivity index (χ1) is 8.08. The predicted octanol–water partition coefficient (Wildman–Crippen LogP) is 3.52. The zero-order valence-corrected chi connectivity index (χ0v) is 11.7. The number of halogens is 2. The van der Waals surface area contributed by atoms with Crippen LogP contribution in [0.2, 0.25) is 5.02 Å². The lowest BCUT2D eigenvalue weighted by Gasteiger charge is -2.13. The molecule has 0 heterocycles. The lowest BCUT2D eigenvalue weighted by molar-refractivity contribution is 0.0936. The number of benzene rings is 1. The number of amides is 1. The molecule has 17 heavy (non-hydrogen) atoms. The molecule has 0 saturated heterocycles. The van der Waals surface area contributed by atoms with E-state index in [9.17, 15) is 4.79 Å². The molecule has 1 amide bonds. The zero-order valence-electron chi connectivity index (χ0n) is 9.34. The average molecular weight is 316 g/mol. The van der Waals surface area contributed by atoms with Gasteiger partial charge in [-0.3, -0.25) is 4.79 Å². The topological polar surface area (TPSA) is 52.9 Å². The van der Waals surface area contributed by atoms with E-state index < -0.39 is 0 Å². The Morgan fingerprint density at radius 3 is 2.88 bits per heavy atom. The molecule has 0 spiro atoms. The van der Waals surface area contributed by atoms with Gasteiger partial charge in [0.1, 0.15) is 0 Å². The lowest BCUT2D eigenvalue weighted by Crippen LogP contribution is -2.34. The van der Waals surface area contributed by atoms with Gasteiger partial charge in [-0.15, -0.1) is 0 Å². The second kappa shape index (κ2) is 6.63. The van der Waals surface area contributed by atoms with Gasteiger partial charge in [0.05, 0.1) is 17.5 Å². The highest BCUT2D eigenvalue weighted by molar-refractivity contribution is 9.10. The number of nitrogens with zero attached hydrogens (tertiary/aromatic N) is 1. The molecule has 0 saturated carbocycles. The van der Waals surface area contributed by atoms with Crippen molar-refractivity contribution < 1.29 is 4.79 Å². The van der Waals surface area contributed by atoms with Crippen molar-refractivity contribution >= 4 is 33.4 Å². The summed E-state index contributed by atoms with van der Waals surface area (Å²) in [7, 11) is 0. The summed E-state index contributed by atoms with van der Waals surface area (Å²) in [6.45, 7) is 1.93. The van der Waals surface area contributed by atoms with E-state index in [2.05, 4.69) is 21.2 Å². The maximum atomic E-state index is 11.9. The Kier molecular flexibility index (Phi) is 5.46. The van der Waals surface area contributed by atoms with Crippen molar-refractivity contribution in [2.24, 2.45) is 0 Å². The van der Waals surface area contributed by atoms with Crippen LogP contribution in [0.4, 0.5) is 0 Å². The summed E-state index contributed by atoms with van der Waals surface area (Å²) in [5.74, 6) is -0.207. The van der Waals surface area contributed by atoms with Crippen LogP contribution < -0.4 is 5.32 Å². The largest absolute Gasteiger partial charge is 0.348 e. The minimum atomic E-state index is -0.207. The van der Waals surface area contributed by atoms with Crippen molar-refractivity contribution in [1.29, 1.82) is 5.26 Å². The van der Waals surface area contributed by atoms with Crippen molar-refractivity contribution in [3.63, 3.8) is 0 Å². The van der Waals surface area contributed by atoms with Crippen molar-refractivity contribution in [2.45, 2.75) is 25.8 Å². The van der Waals surface area contributed by atoms with Crippen LogP contribution in [0.1, 0.15) is 30.1 Å². The van der Waals surface area contributed by atoms with Gasteiger partial charge < -0.3 is 5.32 Å². The van der Waals surface area contributed by atoms with E-state index >= 15 is 0 Å². The van der Waals surface area contributed by atoms with E-state index in [0.717, 1.165) is 10.9 Å². The van der Waals surface area contributed by atoms with E-state index in [1.807, 2.05) is 13.0 Å². The van der Waals surface area contributed by atoms with Crippen molar-refractivity contribution in [3.05, 3.63) is 33.3 Å². The highest BCUT2D eigenvalue weighted by Crippen LogP contribution is 2.23. The summed E-state index contributed by atoms with van der Waals surface area (Å²) in [5.41, 5.74) is 0.495. The third-order valence-corrected chi connectivity index (χ3v) is 3.58. The summed E-state index contributed by atoms with van der Waals surface area (Å²) in [6, 6.07) is 6.94. The minimum absolute atomic E-state index is 0.116. The molecule has 3 nitrogen and oxygen atoms in total. The number of rotatable bonds is 4. The van der Waals surface area contributed by atoms with Gasteiger partial charge in [-0.25, -0.2) is 0 Å². The number of hydrogen-bond donors (Lipinski definition) is 1. The standard InChI is InChI=1S/C12H12BrClN2O/c1-2-9(5-6-15)16-12(17)8-3-4-10(13)11(14)7-8/h3-4,7,9H,2,5H2,1H3,(H,16,17). The monoisotopic (exact) mass is 314 g/mol. The Hall–Kier alpha value is -1.05. The maximum absolute atomic E-state index is 11.9. The van der Waals surface area contributed by atoms with Gasteiger partial charge in [0.15, 0.2) is 0 Å². The van der Waals surface area contributed by atoms with E-state index in [1.165, 1.54) is 0 Å². The maximum Gasteiger partial charge on any atom is 0.251 e. The quantitative estimate of drug-likeness (QED) is 0.924. The molecule has 1 unspecified atom stereocenters. The Labute approximate surface area is 114 Å². The molecule has 0 radical (unpaired) electrons. The summed E-state index contributed by atoms with van der Waals surface area (Å²) in [4.78, 5) is 11.9. The molecule has 1 rings (SSSR count). The highest BCUT2D eigenvalue weighted by Gasteiger charge is 2.12. The molecule has 0 aliphatic heterocycles. The summed E-state index contributed by atoms with van der Waals surface area (Å²) < 4.78 is 0.750. The molecular weight excluding hydrogens is 304 g/mol. The molecule has 1 atom stereocenters. The normalized spacial score (nSPS) is 11.6. The molecule has 1 aromatic rings. The van der Waals surface area contributed by atoms with Gasteiger partial charge in [-0.1, -0.05) is 18.5 Å². The Bertz CT molecular complexity index is 456. The van der Waals surface area contributed by atoms with Crippen LogP contribution in [-0.4, -0.2) is 11.9 Å². The molecule has 0 fully saturated rings. The van der Waals surface area contributed by atoms with Crippen LogP contribution in [0.15, 0.2) is 22.7 Å². The molecule has 0 aromatic heterocycles. The molecule has 90 valence electrons. The van der Waals surface area contributed by atoms with Crippen LogP contribution in [0.3, 0.4) is 0 Å². The lowest BCUT2D eigenvalue weighted by atomic mass is 10.1. The first-order valence-corrected chi connectivity index (χ1v) is 6.38. The van der Waals surface area contributed by atoms with Crippen LogP contribution in [-0.2, 0) is 0 Å². The van der Waals surface area contributed by atoms with Crippen LogP contribution in [0, 0.1) is 11.3 Å².